The zero-order chi connectivity index (χ0) is 11.3. The molecule has 0 saturated heterocycles. The first-order chi connectivity index (χ1) is 7.03. The first-order valence-corrected chi connectivity index (χ1v) is 6.48. The van der Waals surface area contributed by atoms with Crippen LogP contribution in [0.1, 0.15) is 10.4 Å². The summed E-state index contributed by atoms with van der Waals surface area (Å²) in [6.07, 6.45) is 0. The molecule has 0 aliphatic carbocycles. The van der Waals surface area contributed by atoms with Crippen LogP contribution in [0.15, 0.2) is 11.4 Å². The molecule has 5 nitrogen and oxygen atoms in total. The van der Waals surface area contributed by atoms with Gasteiger partial charge in [0.2, 0.25) is 0 Å². The van der Waals surface area contributed by atoms with Crippen LogP contribution < -0.4 is 15.6 Å². The van der Waals surface area contributed by atoms with Gasteiger partial charge < -0.3 is 5.73 Å². The molecule has 0 aliphatic heterocycles. The summed E-state index contributed by atoms with van der Waals surface area (Å²) >= 11 is 1.41. The third kappa shape index (κ3) is 4.42. The highest BCUT2D eigenvalue weighted by Crippen LogP contribution is 2.15. The van der Waals surface area contributed by atoms with Crippen molar-refractivity contribution >= 4 is 21.5 Å². The molecule has 0 aromatic carbocycles. The van der Waals surface area contributed by atoms with E-state index in [1.54, 1.807) is 0 Å². The van der Waals surface area contributed by atoms with Crippen molar-refractivity contribution in [1.82, 2.24) is 4.72 Å². The molecule has 0 spiro atoms. The van der Waals surface area contributed by atoms with Crippen LogP contribution in [-0.4, -0.2) is 15.0 Å². The molecule has 82 valence electrons. The number of thiophene rings is 1. The number of nitrogens with two attached hydrogens (primary N) is 2. The second-order valence-electron chi connectivity index (χ2n) is 2.63. The largest absolute Gasteiger partial charge is 0.320 e. The van der Waals surface area contributed by atoms with Gasteiger partial charge in [-0.15, -0.1) is 11.3 Å². The van der Waals surface area contributed by atoms with Crippen LogP contribution in [0.2, 0.25) is 0 Å². The van der Waals surface area contributed by atoms with Gasteiger partial charge in [0.25, 0.3) is 10.2 Å². The standard InChI is InChI=1S/C8H11N3O2S2/c9-4-1-2-7-3-5-14-8(7)6-11-15(10,12)13/h3,5,11H,4,6,9H2,(H2,10,12,13). The molecular formula is C8H11N3O2S2. The summed E-state index contributed by atoms with van der Waals surface area (Å²) in [4.78, 5) is 0.824. The lowest BCUT2D eigenvalue weighted by atomic mass is 10.2. The van der Waals surface area contributed by atoms with Crippen LogP contribution in [0.3, 0.4) is 0 Å². The zero-order valence-corrected chi connectivity index (χ0v) is 9.49. The monoisotopic (exact) mass is 245 g/mol. The molecule has 0 aliphatic rings. The molecule has 0 fully saturated rings. The minimum atomic E-state index is -3.65. The molecule has 1 aromatic heterocycles. The number of hydrogen-bond acceptors (Lipinski definition) is 4. The van der Waals surface area contributed by atoms with Gasteiger partial charge in [-0.2, -0.15) is 13.1 Å². The number of rotatable bonds is 3. The molecule has 1 heterocycles. The smallest absolute Gasteiger partial charge is 0.274 e. The summed E-state index contributed by atoms with van der Waals surface area (Å²) in [6, 6.07) is 1.81. The SMILES string of the molecule is NCC#Cc1ccsc1CNS(N)(=O)=O. The molecule has 0 amide bonds. The van der Waals surface area contributed by atoms with Crippen molar-refractivity contribution in [3.63, 3.8) is 0 Å². The molecular weight excluding hydrogens is 234 g/mol. The average molecular weight is 245 g/mol. The molecule has 0 atom stereocenters. The third-order valence-electron chi connectivity index (χ3n) is 1.50. The summed E-state index contributed by atoms with van der Waals surface area (Å²) in [5.74, 6) is 5.55. The molecule has 0 saturated carbocycles. The van der Waals surface area contributed by atoms with Crippen LogP contribution in [0.25, 0.3) is 0 Å². The van der Waals surface area contributed by atoms with E-state index in [1.807, 2.05) is 11.4 Å². The van der Waals surface area contributed by atoms with E-state index in [-0.39, 0.29) is 13.1 Å². The van der Waals surface area contributed by atoms with Crippen LogP contribution >= 0.6 is 11.3 Å². The van der Waals surface area contributed by atoms with Gasteiger partial charge in [-0.1, -0.05) is 11.8 Å². The van der Waals surface area contributed by atoms with E-state index in [4.69, 9.17) is 10.9 Å². The fourth-order valence-corrected chi connectivity index (χ4v) is 2.11. The van der Waals surface area contributed by atoms with Crippen molar-refractivity contribution in [2.75, 3.05) is 6.54 Å². The van der Waals surface area contributed by atoms with Crippen molar-refractivity contribution in [1.29, 1.82) is 0 Å². The highest BCUT2D eigenvalue weighted by Gasteiger charge is 2.05. The minimum Gasteiger partial charge on any atom is -0.320 e. The van der Waals surface area contributed by atoms with Crippen LogP contribution in [0, 0.1) is 11.8 Å². The maximum Gasteiger partial charge on any atom is 0.274 e. The first kappa shape index (κ1) is 12.2. The summed E-state index contributed by atoms with van der Waals surface area (Å²) in [5.41, 5.74) is 6.02. The Kier molecular flexibility index (Phi) is 4.26. The highest BCUT2D eigenvalue weighted by atomic mass is 32.2. The number of nitrogens with one attached hydrogen (secondary N) is 1. The van der Waals surface area contributed by atoms with Gasteiger partial charge in [-0.25, -0.2) is 5.14 Å². The highest BCUT2D eigenvalue weighted by molar-refractivity contribution is 7.87. The number of hydrogen-bond donors (Lipinski definition) is 3. The van der Waals surface area contributed by atoms with Crippen molar-refractivity contribution in [3.05, 3.63) is 21.9 Å². The Hall–Kier alpha value is -0.910. The van der Waals surface area contributed by atoms with E-state index >= 15 is 0 Å². The molecule has 15 heavy (non-hydrogen) atoms. The first-order valence-electron chi connectivity index (χ1n) is 4.05. The summed E-state index contributed by atoms with van der Waals surface area (Å²) in [7, 11) is -3.65. The lowest BCUT2D eigenvalue weighted by Gasteiger charge is -1.99. The Balaban J connectivity index is 2.74. The summed E-state index contributed by atoms with van der Waals surface area (Å²) < 4.78 is 23.5. The maximum atomic E-state index is 10.7. The van der Waals surface area contributed by atoms with Crippen molar-refractivity contribution in [2.24, 2.45) is 10.9 Å². The van der Waals surface area contributed by atoms with Crippen LogP contribution in [-0.2, 0) is 16.8 Å². The second-order valence-corrected chi connectivity index (χ2v) is 5.01. The second kappa shape index (κ2) is 5.25. The Morgan fingerprint density at radius 3 is 2.87 bits per heavy atom. The molecule has 0 unspecified atom stereocenters. The van der Waals surface area contributed by atoms with Gasteiger partial charge in [0.15, 0.2) is 0 Å². The van der Waals surface area contributed by atoms with E-state index in [0.29, 0.717) is 0 Å². The Morgan fingerprint density at radius 2 is 2.27 bits per heavy atom. The predicted molar refractivity (Wildman–Crippen MR) is 60.2 cm³/mol. The minimum absolute atomic E-state index is 0.158. The van der Waals surface area contributed by atoms with E-state index in [0.717, 1.165) is 10.4 Å². The van der Waals surface area contributed by atoms with Gasteiger partial charge in [0, 0.05) is 17.0 Å². The Morgan fingerprint density at radius 1 is 1.53 bits per heavy atom. The fraction of sp³-hybridized carbons (Fsp3) is 0.250. The van der Waals surface area contributed by atoms with Gasteiger partial charge in [-0.3, -0.25) is 0 Å². The van der Waals surface area contributed by atoms with E-state index in [9.17, 15) is 8.42 Å². The van der Waals surface area contributed by atoms with Gasteiger partial charge >= 0.3 is 0 Å². The molecule has 7 heteroatoms. The Bertz CT molecular complexity index is 481. The van der Waals surface area contributed by atoms with E-state index < -0.39 is 10.2 Å². The molecule has 1 rings (SSSR count). The van der Waals surface area contributed by atoms with Crippen molar-refractivity contribution in [3.8, 4) is 11.8 Å². The molecule has 5 N–H and O–H groups in total. The van der Waals surface area contributed by atoms with Crippen LogP contribution in [0.5, 0.6) is 0 Å². The Labute approximate surface area is 92.7 Å². The molecule has 0 bridgehead atoms. The quantitative estimate of drug-likeness (QED) is 0.617. The fourth-order valence-electron chi connectivity index (χ4n) is 0.901. The van der Waals surface area contributed by atoms with Crippen LogP contribution in [0.4, 0.5) is 0 Å². The topological polar surface area (TPSA) is 98.2 Å². The van der Waals surface area contributed by atoms with Gasteiger partial charge in [0.1, 0.15) is 0 Å². The maximum absolute atomic E-state index is 10.7. The lowest BCUT2D eigenvalue weighted by Crippen LogP contribution is -2.30. The average Bonchev–Trinajstić information content (AvgIpc) is 2.57. The summed E-state index contributed by atoms with van der Waals surface area (Å²) in [6.45, 7) is 0.434. The van der Waals surface area contributed by atoms with Crippen molar-refractivity contribution in [2.45, 2.75) is 6.54 Å². The molecule has 0 radical (unpaired) electrons. The van der Waals surface area contributed by atoms with Gasteiger partial charge in [0.05, 0.1) is 6.54 Å². The van der Waals surface area contributed by atoms with Crippen molar-refractivity contribution < 1.29 is 8.42 Å². The van der Waals surface area contributed by atoms with Gasteiger partial charge in [-0.05, 0) is 11.4 Å². The van der Waals surface area contributed by atoms with E-state index in [1.165, 1.54) is 11.3 Å². The summed E-state index contributed by atoms with van der Waals surface area (Å²) in [5, 5.41) is 6.65. The zero-order valence-electron chi connectivity index (χ0n) is 7.86. The predicted octanol–water partition coefficient (Wildman–Crippen LogP) is -0.649. The van der Waals surface area contributed by atoms with E-state index in [2.05, 4.69) is 16.6 Å². The lowest BCUT2D eigenvalue weighted by molar-refractivity contribution is 0.583. The third-order valence-corrected chi connectivity index (χ3v) is 2.97. The normalized spacial score (nSPS) is 10.8. The molecule has 1 aromatic rings.